The number of halogens is 1. The number of amides is 1. The molecule has 1 aromatic heterocycles. The number of nitrogens with zero attached hydrogens (tertiary/aromatic N) is 3. The van der Waals surface area contributed by atoms with Gasteiger partial charge >= 0.3 is 0 Å². The van der Waals surface area contributed by atoms with Gasteiger partial charge in [0.25, 0.3) is 0 Å². The van der Waals surface area contributed by atoms with Gasteiger partial charge in [-0.15, -0.1) is 10.2 Å². The van der Waals surface area contributed by atoms with E-state index in [1.165, 1.54) is 0 Å². The van der Waals surface area contributed by atoms with Gasteiger partial charge in [-0.2, -0.15) is 0 Å². The molecular weight excluding hydrogens is 304 g/mol. The summed E-state index contributed by atoms with van der Waals surface area (Å²) < 4.78 is 5.45. The van der Waals surface area contributed by atoms with E-state index in [0.29, 0.717) is 36.2 Å². The molecule has 2 aromatic rings. The summed E-state index contributed by atoms with van der Waals surface area (Å²) in [7, 11) is 0. The maximum Gasteiger partial charge on any atom is 0.235 e. The van der Waals surface area contributed by atoms with Crippen LogP contribution in [0.1, 0.15) is 31.5 Å². The van der Waals surface area contributed by atoms with Crippen LogP contribution < -0.4 is 10.2 Å². The Morgan fingerprint density at radius 3 is 2.86 bits per heavy atom. The number of benzene rings is 1. The predicted octanol–water partition coefficient (Wildman–Crippen LogP) is 3.02. The van der Waals surface area contributed by atoms with Crippen molar-refractivity contribution < 1.29 is 9.21 Å². The van der Waals surface area contributed by atoms with Crippen molar-refractivity contribution in [1.29, 1.82) is 0 Å². The summed E-state index contributed by atoms with van der Waals surface area (Å²) in [6, 6.07) is 5.53. The number of aryl methyl sites for hydroxylation is 1. The van der Waals surface area contributed by atoms with E-state index in [4.69, 9.17) is 16.0 Å². The van der Waals surface area contributed by atoms with Crippen LogP contribution in [0.3, 0.4) is 0 Å². The summed E-state index contributed by atoms with van der Waals surface area (Å²) in [6.07, 6.45) is 2.21. The van der Waals surface area contributed by atoms with E-state index in [-0.39, 0.29) is 5.91 Å². The highest BCUT2D eigenvalue weighted by molar-refractivity contribution is 6.33. The van der Waals surface area contributed by atoms with Crippen molar-refractivity contribution in [2.24, 2.45) is 0 Å². The predicted molar refractivity (Wildman–Crippen MR) is 84.0 cm³/mol. The lowest BCUT2D eigenvalue weighted by Crippen LogP contribution is -2.23. The Bertz CT molecular complexity index is 686. The first-order valence-corrected chi connectivity index (χ1v) is 7.70. The van der Waals surface area contributed by atoms with Gasteiger partial charge in [0, 0.05) is 25.1 Å². The molecule has 0 unspecified atom stereocenters. The molecule has 1 N–H and O–H groups in total. The van der Waals surface area contributed by atoms with Crippen molar-refractivity contribution >= 4 is 28.9 Å². The summed E-state index contributed by atoms with van der Waals surface area (Å²) in [6.45, 7) is 3.10. The molecule has 1 aliphatic heterocycles. The quantitative estimate of drug-likeness (QED) is 0.917. The number of hydrogen-bond donors (Lipinski definition) is 1. The van der Waals surface area contributed by atoms with Crippen LogP contribution in [0.25, 0.3) is 0 Å². The summed E-state index contributed by atoms with van der Waals surface area (Å²) in [5.74, 6) is 1.27. The third kappa shape index (κ3) is 3.06. The van der Waals surface area contributed by atoms with Crippen molar-refractivity contribution in [3.05, 3.63) is 35.0 Å². The molecule has 1 fully saturated rings. The highest BCUT2D eigenvalue weighted by Crippen LogP contribution is 2.30. The molecule has 0 spiro atoms. The number of aromatic nitrogens is 2. The summed E-state index contributed by atoms with van der Waals surface area (Å²) in [5.41, 5.74) is 1.60. The first-order valence-electron chi connectivity index (χ1n) is 7.32. The SMILES string of the molecule is CCc1nnc(CNc2cc(N3CCCC3=O)ccc2Cl)o1. The molecule has 6 nitrogen and oxygen atoms in total. The van der Waals surface area contributed by atoms with Crippen LogP contribution in [0.4, 0.5) is 11.4 Å². The summed E-state index contributed by atoms with van der Waals surface area (Å²) in [4.78, 5) is 13.6. The Kier molecular flexibility index (Phi) is 4.29. The minimum absolute atomic E-state index is 0.151. The maximum absolute atomic E-state index is 11.8. The van der Waals surface area contributed by atoms with Crippen molar-refractivity contribution in [3.63, 3.8) is 0 Å². The molecule has 0 saturated carbocycles. The van der Waals surface area contributed by atoms with Gasteiger partial charge in [0.05, 0.1) is 17.3 Å². The molecule has 22 heavy (non-hydrogen) atoms. The number of hydrogen-bond acceptors (Lipinski definition) is 5. The van der Waals surface area contributed by atoms with Crippen LogP contribution >= 0.6 is 11.6 Å². The normalized spacial score (nSPS) is 14.6. The zero-order valence-corrected chi connectivity index (χ0v) is 13.1. The number of anilines is 2. The average molecular weight is 321 g/mol. The lowest BCUT2D eigenvalue weighted by atomic mass is 10.2. The van der Waals surface area contributed by atoms with Gasteiger partial charge in [-0.05, 0) is 24.6 Å². The maximum atomic E-state index is 11.8. The molecule has 3 rings (SSSR count). The van der Waals surface area contributed by atoms with Crippen LogP contribution in [-0.4, -0.2) is 22.6 Å². The molecule has 1 aromatic carbocycles. The van der Waals surface area contributed by atoms with Crippen molar-refractivity contribution in [3.8, 4) is 0 Å². The first kappa shape index (κ1) is 14.8. The molecule has 7 heteroatoms. The van der Waals surface area contributed by atoms with E-state index in [0.717, 1.165) is 24.3 Å². The molecule has 1 amide bonds. The van der Waals surface area contributed by atoms with E-state index in [1.807, 2.05) is 19.1 Å². The van der Waals surface area contributed by atoms with Crippen LogP contribution in [0, 0.1) is 0 Å². The summed E-state index contributed by atoms with van der Waals surface area (Å²) >= 11 is 6.21. The second-order valence-electron chi connectivity index (χ2n) is 5.11. The third-order valence-electron chi connectivity index (χ3n) is 3.58. The average Bonchev–Trinajstić information content (AvgIpc) is 3.15. The lowest BCUT2D eigenvalue weighted by molar-refractivity contribution is -0.117. The van der Waals surface area contributed by atoms with Crippen molar-refractivity contribution in [2.45, 2.75) is 32.7 Å². The molecular formula is C15H17ClN4O2. The summed E-state index contributed by atoms with van der Waals surface area (Å²) in [5, 5.41) is 11.6. The Balaban J connectivity index is 1.73. The van der Waals surface area contributed by atoms with Gasteiger partial charge in [0.15, 0.2) is 0 Å². The topological polar surface area (TPSA) is 71.3 Å². The largest absolute Gasteiger partial charge is 0.423 e. The molecule has 1 aliphatic rings. The minimum atomic E-state index is 0.151. The number of carbonyl (C=O) groups excluding carboxylic acids is 1. The molecule has 0 radical (unpaired) electrons. The monoisotopic (exact) mass is 320 g/mol. The second kappa shape index (κ2) is 6.36. The van der Waals surface area contributed by atoms with Gasteiger partial charge in [0.1, 0.15) is 0 Å². The van der Waals surface area contributed by atoms with Gasteiger partial charge < -0.3 is 14.6 Å². The third-order valence-corrected chi connectivity index (χ3v) is 3.91. The minimum Gasteiger partial charge on any atom is -0.423 e. The first-order chi connectivity index (χ1) is 10.7. The molecule has 2 heterocycles. The number of nitrogens with one attached hydrogen (secondary N) is 1. The van der Waals surface area contributed by atoms with Crippen molar-refractivity contribution in [2.75, 3.05) is 16.8 Å². The fraction of sp³-hybridized carbons (Fsp3) is 0.400. The van der Waals surface area contributed by atoms with E-state index in [2.05, 4.69) is 15.5 Å². The zero-order valence-electron chi connectivity index (χ0n) is 12.3. The Hall–Kier alpha value is -2.08. The van der Waals surface area contributed by atoms with E-state index >= 15 is 0 Å². The van der Waals surface area contributed by atoms with E-state index < -0.39 is 0 Å². The Morgan fingerprint density at radius 1 is 1.36 bits per heavy atom. The van der Waals surface area contributed by atoms with E-state index in [9.17, 15) is 4.79 Å². The highest BCUT2D eigenvalue weighted by atomic mass is 35.5. The molecule has 116 valence electrons. The van der Waals surface area contributed by atoms with Crippen LogP contribution in [0.5, 0.6) is 0 Å². The Morgan fingerprint density at radius 2 is 2.18 bits per heavy atom. The van der Waals surface area contributed by atoms with E-state index in [1.54, 1.807) is 11.0 Å². The zero-order chi connectivity index (χ0) is 15.5. The van der Waals surface area contributed by atoms with Gasteiger partial charge in [-0.25, -0.2) is 0 Å². The molecule has 0 bridgehead atoms. The fourth-order valence-electron chi connectivity index (χ4n) is 2.41. The van der Waals surface area contributed by atoms with Crippen molar-refractivity contribution in [1.82, 2.24) is 10.2 Å². The van der Waals surface area contributed by atoms with Crippen LogP contribution in [-0.2, 0) is 17.8 Å². The highest BCUT2D eigenvalue weighted by Gasteiger charge is 2.22. The molecule has 0 aliphatic carbocycles. The second-order valence-corrected chi connectivity index (χ2v) is 5.52. The van der Waals surface area contributed by atoms with Crippen LogP contribution in [0.2, 0.25) is 5.02 Å². The fourth-order valence-corrected chi connectivity index (χ4v) is 2.60. The number of rotatable bonds is 5. The smallest absolute Gasteiger partial charge is 0.235 e. The van der Waals surface area contributed by atoms with Gasteiger partial charge in [-0.3, -0.25) is 4.79 Å². The number of carbonyl (C=O) groups is 1. The lowest BCUT2D eigenvalue weighted by Gasteiger charge is -2.17. The van der Waals surface area contributed by atoms with Crippen LogP contribution in [0.15, 0.2) is 22.6 Å². The van der Waals surface area contributed by atoms with Gasteiger partial charge in [-0.1, -0.05) is 18.5 Å². The Labute approximate surface area is 133 Å². The molecule has 1 saturated heterocycles. The standard InChI is InChI=1S/C15H17ClN4O2/c1-2-13-18-19-14(22-13)9-17-12-8-10(5-6-11(12)16)20-7-3-4-15(20)21/h5-6,8,17H,2-4,7,9H2,1H3. The van der Waals surface area contributed by atoms with Gasteiger partial charge in [0.2, 0.25) is 17.7 Å². The molecule has 0 atom stereocenters.